The summed E-state index contributed by atoms with van der Waals surface area (Å²) < 4.78 is 18.1. The first-order valence-corrected chi connectivity index (χ1v) is 12.9. The summed E-state index contributed by atoms with van der Waals surface area (Å²) in [4.78, 5) is 30.7. The predicted octanol–water partition coefficient (Wildman–Crippen LogP) is 3.69. The van der Waals surface area contributed by atoms with Gasteiger partial charge in [0, 0.05) is 25.8 Å². The number of benzene rings is 1. The molecule has 0 saturated carbocycles. The molecule has 34 heavy (non-hydrogen) atoms. The van der Waals surface area contributed by atoms with Crippen LogP contribution in [0.15, 0.2) is 33.7 Å². The molecule has 1 atom stereocenters. The molecule has 0 radical (unpaired) electrons. The van der Waals surface area contributed by atoms with Crippen molar-refractivity contribution < 1.29 is 19.0 Å². The topological polar surface area (TPSA) is 91.7 Å². The van der Waals surface area contributed by atoms with E-state index < -0.39 is 0 Å². The fourth-order valence-electron chi connectivity index (χ4n) is 4.44. The number of thioether (sulfide) groups is 1. The van der Waals surface area contributed by atoms with Crippen molar-refractivity contribution >= 4 is 28.6 Å². The Bertz CT molecular complexity index is 1110. The molecule has 1 aromatic heterocycles. The van der Waals surface area contributed by atoms with E-state index in [2.05, 4.69) is 11.4 Å². The molecule has 1 aliphatic heterocycles. The Hall–Kier alpha value is -2.52. The zero-order valence-corrected chi connectivity index (χ0v) is 20.7. The molecule has 1 N–H and O–H groups in total. The second-order valence-electron chi connectivity index (χ2n) is 8.66. The number of aromatic nitrogens is 2. The van der Waals surface area contributed by atoms with E-state index in [0.717, 1.165) is 38.7 Å². The van der Waals surface area contributed by atoms with Gasteiger partial charge in [0.2, 0.25) is 5.91 Å². The van der Waals surface area contributed by atoms with Crippen LogP contribution in [0.3, 0.4) is 0 Å². The largest absolute Gasteiger partial charge is 0.493 e. The molecule has 4 rings (SSSR count). The lowest BCUT2D eigenvalue weighted by Crippen LogP contribution is -2.33. The number of carbonyl (C=O) groups excluding carboxylic acids is 1. The molecule has 1 aliphatic carbocycles. The van der Waals surface area contributed by atoms with Crippen molar-refractivity contribution in [2.45, 2.75) is 62.8 Å². The Kier molecular flexibility index (Phi) is 8.50. The van der Waals surface area contributed by atoms with Crippen LogP contribution in [0.4, 0.5) is 0 Å². The van der Waals surface area contributed by atoms with Crippen LogP contribution in [0.1, 0.15) is 44.9 Å². The zero-order valence-electron chi connectivity index (χ0n) is 19.9. The quantitative estimate of drug-likeness (QED) is 0.310. The lowest BCUT2D eigenvalue weighted by Gasteiger charge is -2.17. The second kappa shape index (κ2) is 11.8. The van der Waals surface area contributed by atoms with Crippen molar-refractivity contribution in [3.8, 4) is 11.5 Å². The molecule has 184 valence electrons. The molecule has 0 bridgehead atoms. The summed E-state index contributed by atoms with van der Waals surface area (Å²) in [6.45, 7) is 1.80. The van der Waals surface area contributed by atoms with Crippen LogP contribution in [0.2, 0.25) is 0 Å². The Balaban J connectivity index is 1.57. The molecule has 2 aliphatic rings. The van der Waals surface area contributed by atoms with Crippen molar-refractivity contribution in [3.05, 3.63) is 34.1 Å². The van der Waals surface area contributed by atoms with Gasteiger partial charge in [-0.3, -0.25) is 14.2 Å². The number of fused-ring (bicyclic) bond motifs is 1. The molecular formula is C25H33N3O5S. The highest BCUT2D eigenvalue weighted by Gasteiger charge is 2.19. The second-order valence-corrected chi connectivity index (χ2v) is 9.60. The van der Waals surface area contributed by atoms with Crippen LogP contribution < -0.4 is 20.3 Å². The standard InChI is InChI=1S/C25H33N3O5S/c1-31-21-13-19-20(14-22(21)32-2)27-25(34-16-23(29)26-15-18-9-6-12-33-18)28(24(19)30)11-10-17-7-4-3-5-8-17/h7,13-14,18H,3-6,8-12,15-16H2,1-2H3,(H,26,29). The smallest absolute Gasteiger partial charge is 0.262 e. The third-order valence-electron chi connectivity index (χ3n) is 6.35. The van der Waals surface area contributed by atoms with Crippen LogP contribution in [0.5, 0.6) is 11.5 Å². The molecular weight excluding hydrogens is 454 g/mol. The van der Waals surface area contributed by atoms with Crippen LogP contribution in [-0.2, 0) is 16.1 Å². The number of amides is 1. The maximum absolute atomic E-state index is 13.5. The van der Waals surface area contributed by atoms with Gasteiger partial charge in [-0.15, -0.1) is 0 Å². The highest BCUT2D eigenvalue weighted by molar-refractivity contribution is 7.99. The van der Waals surface area contributed by atoms with E-state index in [1.165, 1.54) is 30.2 Å². The first-order chi connectivity index (χ1) is 16.6. The van der Waals surface area contributed by atoms with Gasteiger partial charge in [0.15, 0.2) is 16.7 Å². The minimum atomic E-state index is -0.135. The van der Waals surface area contributed by atoms with Gasteiger partial charge in [-0.2, -0.15) is 0 Å². The van der Waals surface area contributed by atoms with Crippen LogP contribution in [0.25, 0.3) is 10.9 Å². The van der Waals surface area contributed by atoms with E-state index in [0.29, 0.717) is 40.6 Å². The molecule has 1 amide bonds. The highest BCUT2D eigenvalue weighted by atomic mass is 32.2. The lowest BCUT2D eigenvalue weighted by atomic mass is 9.97. The van der Waals surface area contributed by atoms with Gasteiger partial charge in [0.25, 0.3) is 5.56 Å². The predicted molar refractivity (Wildman–Crippen MR) is 133 cm³/mol. The molecule has 9 heteroatoms. The summed E-state index contributed by atoms with van der Waals surface area (Å²) in [6.07, 6.45) is 9.80. The van der Waals surface area contributed by atoms with Gasteiger partial charge >= 0.3 is 0 Å². The number of nitrogens with zero attached hydrogens (tertiary/aromatic N) is 2. The lowest BCUT2D eigenvalue weighted by molar-refractivity contribution is -0.119. The number of ether oxygens (including phenoxy) is 3. The number of rotatable bonds is 10. The fourth-order valence-corrected chi connectivity index (χ4v) is 5.29. The highest BCUT2D eigenvalue weighted by Crippen LogP contribution is 2.31. The van der Waals surface area contributed by atoms with Gasteiger partial charge in [-0.05, 0) is 51.0 Å². The van der Waals surface area contributed by atoms with E-state index >= 15 is 0 Å². The third-order valence-corrected chi connectivity index (χ3v) is 7.33. The van der Waals surface area contributed by atoms with E-state index in [-0.39, 0.29) is 23.3 Å². The molecule has 0 spiro atoms. The normalized spacial score (nSPS) is 18.1. The van der Waals surface area contributed by atoms with Gasteiger partial charge < -0.3 is 19.5 Å². The summed E-state index contributed by atoms with van der Waals surface area (Å²) in [5.41, 5.74) is 1.78. The molecule has 1 aromatic carbocycles. The Morgan fingerprint density at radius 1 is 1.24 bits per heavy atom. The Morgan fingerprint density at radius 3 is 2.76 bits per heavy atom. The van der Waals surface area contributed by atoms with Crippen molar-refractivity contribution in [2.75, 3.05) is 33.1 Å². The van der Waals surface area contributed by atoms with E-state index in [4.69, 9.17) is 19.2 Å². The van der Waals surface area contributed by atoms with Crippen molar-refractivity contribution in [2.24, 2.45) is 0 Å². The summed E-state index contributed by atoms with van der Waals surface area (Å²) in [5.74, 6) is 1.09. The first kappa shape index (κ1) is 24.6. The third kappa shape index (κ3) is 5.93. The number of carbonyl (C=O) groups is 1. The Labute approximate surface area is 204 Å². The molecule has 2 aromatic rings. The fraction of sp³-hybridized carbons (Fsp3) is 0.560. The average Bonchev–Trinajstić information content (AvgIpc) is 3.39. The number of hydrogen-bond acceptors (Lipinski definition) is 7. The van der Waals surface area contributed by atoms with Crippen molar-refractivity contribution in [3.63, 3.8) is 0 Å². The van der Waals surface area contributed by atoms with Gasteiger partial charge in [-0.1, -0.05) is 23.4 Å². The van der Waals surface area contributed by atoms with Crippen LogP contribution >= 0.6 is 11.8 Å². The molecule has 1 fully saturated rings. The monoisotopic (exact) mass is 487 g/mol. The van der Waals surface area contributed by atoms with Crippen molar-refractivity contribution in [1.29, 1.82) is 0 Å². The Morgan fingerprint density at radius 2 is 2.06 bits per heavy atom. The minimum absolute atomic E-state index is 0.0938. The molecule has 8 nitrogen and oxygen atoms in total. The minimum Gasteiger partial charge on any atom is -0.493 e. The van der Waals surface area contributed by atoms with Crippen LogP contribution in [0, 0.1) is 0 Å². The first-order valence-electron chi connectivity index (χ1n) is 11.9. The van der Waals surface area contributed by atoms with E-state index in [9.17, 15) is 9.59 Å². The maximum Gasteiger partial charge on any atom is 0.262 e. The van der Waals surface area contributed by atoms with Gasteiger partial charge in [0.05, 0.1) is 37.0 Å². The van der Waals surface area contributed by atoms with E-state index in [1.54, 1.807) is 30.9 Å². The summed E-state index contributed by atoms with van der Waals surface area (Å²) in [7, 11) is 3.10. The van der Waals surface area contributed by atoms with Gasteiger partial charge in [0.1, 0.15) is 0 Å². The molecule has 1 unspecified atom stereocenters. The summed E-state index contributed by atoms with van der Waals surface area (Å²) in [5, 5.41) is 3.95. The summed E-state index contributed by atoms with van der Waals surface area (Å²) >= 11 is 1.28. The number of hydrogen-bond donors (Lipinski definition) is 1. The van der Waals surface area contributed by atoms with Gasteiger partial charge in [-0.25, -0.2) is 4.98 Å². The maximum atomic E-state index is 13.5. The number of nitrogens with one attached hydrogen (secondary N) is 1. The number of methoxy groups -OCH3 is 2. The van der Waals surface area contributed by atoms with E-state index in [1.807, 2.05) is 0 Å². The SMILES string of the molecule is COc1cc2nc(SCC(=O)NCC3CCCO3)n(CCC3=CCCCC3)c(=O)c2cc1OC. The summed E-state index contributed by atoms with van der Waals surface area (Å²) in [6, 6.07) is 3.40. The molecule has 2 heterocycles. The average molecular weight is 488 g/mol. The molecule has 1 saturated heterocycles. The number of allylic oxidation sites excluding steroid dienone is 2. The zero-order chi connectivity index (χ0) is 23.9. The van der Waals surface area contributed by atoms with Crippen LogP contribution in [-0.4, -0.2) is 54.7 Å². The van der Waals surface area contributed by atoms with Crippen molar-refractivity contribution in [1.82, 2.24) is 14.9 Å².